The fourth-order valence-electron chi connectivity index (χ4n) is 6.65. The largest absolute Gasteiger partial charge is 0.414 e. The van der Waals surface area contributed by atoms with Gasteiger partial charge in [0.1, 0.15) is 0 Å². The first kappa shape index (κ1) is 21.9. The Morgan fingerprint density at radius 3 is 1.82 bits per heavy atom. The number of fused-ring (bicyclic) bond motifs is 2. The maximum atomic E-state index is 6.94. The van der Waals surface area contributed by atoms with Gasteiger partial charge in [-0.3, -0.25) is 0 Å². The highest BCUT2D eigenvalue weighted by atomic mass is 16.5. The molecule has 1 saturated carbocycles. The van der Waals surface area contributed by atoms with E-state index in [0.717, 1.165) is 12.8 Å². The highest BCUT2D eigenvalue weighted by Crippen LogP contribution is 2.40. The van der Waals surface area contributed by atoms with Crippen molar-refractivity contribution in [1.82, 2.24) is 5.23 Å². The third kappa shape index (κ3) is 4.28. The minimum absolute atomic E-state index is 0.0767. The van der Waals surface area contributed by atoms with E-state index >= 15 is 0 Å². The summed E-state index contributed by atoms with van der Waals surface area (Å²) < 4.78 is 6.94. The Morgan fingerprint density at radius 2 is 1.26 bits per heavy atom. The molecule has 0 spiro atoms. The standard InChI is InChI=1S/C31H34BNO/c1-32-33-30(27-11-3-2-4-12-27)31(34-32,21-23-15-17-25-9-5-7-13-28(25)19-23)22-24-16-18-26-10-6-8-14-29(26)20-24/h5-10,13-20,27,30,33H,2-4,11-12,21-22H2,1H3. The number of hydrogen-bond acceptors (Lipinski definition) is 2. The average Bonchev–Trinajstić information content (AvgIpc) is 3.19. The molecule has 1 saturated heterocycles. The predicted octanol–water partition coefficient (Wildman–Crippen LogP) is 7.20. The molecule has 172 valence electrons. The topological polar surface area (TPSA) is 21.3 Å². The molecule has 0 aromatic heterocycles. The molecule has 1 heterocycles. The Hall–Kier alpha value is -2.62. The summed E-state index contributed by atoms with van der Waals surface area (Å²) in [5.74, 6) is 0.680. The zero-order valence-electron chi connectivity index (χ0n) is 20.2. The number of nitrogens with one attached hydrogen (secondary N) is 1. The molecular formula is C31H34BNO. The average molecular weight is 447 g/mol. The highest BCUT2D eigenvalue weighted by molar-refractivity contribution is 6.48. The molecule has 4 aromatic carbocycles. The van der Waals surface area contributed by atoms with Crippen LogP contribution in [0, 0.1) is 5.92 Å². The molecule has 4 aromatic rings. The van der Waals surface area contributed by atoms with E-state index in [2.05, 4.69) is 97.0 Å². The van der Waals surface area contributed by atoms with Crippen LogP contribution in [-0.2, 0) is 17.5 Å². The highest BCUT2D eigenvalue weighted by Gasteiger charge is 2.51. The van der Waals surface area contributed by atoms with Crippen molar-refractivity contribution in [3.8, 4) is 0 Å². The molecule has 1 aliphatic heterocycles. The number of benzene rings is 4. The third-order valence-corrected chi connectivity index (χ3v) is 8.15. The Balaban J connectivity index is 1.40. The van der Waals surface area contributed by atoms with E-state index in [1.54, 1.807) is 0 Å². The summed E-state index contributed by atoms with van der Waals surface area (Å²) in [6.45, 7) is 2.19. The molecule has 2 aliphatic rings. The summed E-state index contributed by atoms with van der Waals surface area (Å²) in [7, 11) is 0.0767. The molecule has 0 amide bonds. The fourth-order valence-corrected chi connectivity index (χ4v) is 6.65. The number of rotatable bonds is 5. The first-order chi connectivity index (χ1) is 16.7. The van der Waals surface area contributed by atoms with E-state index in [4.69, 9.17) is 4.65 Å². The lowest BCUT2D eigenvalue weighted by atomic mass is 9.72. The van der Waals surface area contributed by atoms with Crippen molar-refractivity contribution in [3.63, 3.8) is 0 Å². The zero-order valence-corrected chi connectivity index (χ0v) is 20.2. The first-order valence-electron chi connectivity index (χ1n) is 13.1. The molecule has 0 bridgehead atoms. The lowest BCUT2D eigenvalue weighted by Gasteiger charge is -2.41. The van der Waals surface area contributed by atoms with E-state index in [9.17, 15) is 0 Å². The van der Waals surface area contributed by atoms with E-state index < -0.39 is 0 Å². The van der Waals surface area contributed by atoms with Crippen LogP contribution < -0.4 is 5.23 Å². The van der Waals surface area contributed by atoms with Crippen LogP contribution in [0.2, 0.25) is 6.82 Å². The number of hydrogen-bond donors (Lipinski definition) is 1. The molecule has 1 unspecified atom stereocenters. The van der Waals surface area contributed by atoms with E-state index in [1.807, 2.05) is 0 Å². The maximum Gasteiger partial charge on any atom is 0.377 e. The first-order valence-corrected chi connectivity index (χ1v) is 13.1. The van der Waals surface area contributed by atoms with Gasteiger partial charge in [0.15, 0.2) is 0 Å². The van der Waals surface area contributed by atoms with Gasteiger partial charge in [-0.15, -0.1) is 0 Å². The van der Waals surface area contributed by atoms with Gasteiger partial charge in [-0.25, -0.2) is 0 Å². The molecule has 0 radical (unpaired) electrons. The Bertz CT molecular complexity index is 1210. The second kappa shape index (κ2) is 9.21. The van der Waals surface area contributed by atoms with Gasteiger partial charge in [-0.2, -0.15) is 0 Å². The molecule has 1 aliphatic carbocycles. The molecule has 6 rings (SSSR count). The van der Waals surface area contributed by atoms with Crippen molar-refractivity contribution in [3.05, 3.63) is 96.1 Å². The second-order valence-electron chi connectivity index (χ2n) is 10.6. The van der Waals surface area contributed by atoms with Gasteiger partial charge in [0.05, 0.1) is 5.60 Å². The van der Waals surface area contributed by atoms with E-state index in [-0.39, 0.29) is 12.7 Å². The van der Waals surface area contributed by atoms with Gasteiger partial charge >= 0.3 is 7.05 Å². The van der Waals surface area contributed by atoms with Gasteiger partial charge < -0.3 is 9.88 Å². The van der Waals surface area contributed by atoms with Crippen molar-refractivity contribution < 1.29 is 4.65 Å². The molecule has 1 N–H and O–H groups in total. The van der Waals surface area contributed by atoms with Gasteiger partial charge in [-0.1, -0.05) is 104 Å². The van der Waals surface area contributed by atoms with Gasteiger partial charge in [0, 0.05) is 18.9 Å². The second-order valence-corrected chi connectivity index (χ2v) is 10.6. The van der Waals surface area contributed by atoms with Crippen LogP contribution in [0.5, 0.6) is 0 Å². The quantitative estimate of drug-likeness (QED) is 0.327. The van der Waals surface area contributed by atoms with Crippen LogP contribution in [0.3, 0.4) is 0 Å². The molecular weight excluding hydrogens is 413 g/mol. The summed E-state index contributed by atoms with van der Waals surface area (Å²) in [6.07, 6.45) is 8.56. The van der Waals surface area contributed by atoms with Crippen molar-refractivity contribution in [2.24, 2.45) is 5.92 Å². The van der Waals surface area contributed by atoms with Gasteiger partial charge in [0.25, 0.3) is 0 Å². The monoisotopic (exact) mass is 447 g/mol. The van der Waals surface area contributed by atoms with Gasteiger partial charge in [-0.05, 0) is 58.3 Å². The van der Waals surface area contributed by atoms with Crippen LogP contribution in [-0.4, -0.2) is 18.7 Å². The molecule has 2 nitrogen and oxygen atoms in total. The minimum Gasteiger partial charge on any atom is -0.414 e. The van der Waals surface area contributed by atoms with Crippen LogP contribution in [0.25, 0.3) is 21.5 Å². The van der Waals surface area contributed by atoms with Crippen molar-refractivity contribution in [2.45, 2.75) is 63.4 Å². The van der Waals surface area contributed by atoms with Crippen molar-refractivity contribution in [2.75, 3.05) is 0 Å². The maximum absolute atomic E-state index is 6.94. The molecule has 2 fully saturated rings. The normalized spacial score (nSPS) is 20.9. The van der Waals surface area contributed by atoms with Gasteiger partial charge in [0.2, 0.25) is 0 Å². The summed E-state index contributed by atoms with van der Waals surface area (Å²) >= 11 is 0. The van der Waals surface area contributed by atoms with Crippen LogP contribution in [0.15, 0.2) is 84.9 Å². The summed E-state index contributed by atoms with van der Waals surface area (Å²) in [5, 5.41) is 9.14. The zero-order chi connectivity index (χ0) is 23.0. The lowest BCUT2D eigenvalue weighted by Crippen LogP contribution is -2.52. The van der Waals surface area contributed by atoms with Crippen molar-refractivity contribution >= 4 is 28.6 Å². The molecule has 1 atom stereocenters. The fraction of sp³-hybridized carbons (Fsp3) is 0.355. The van der Waals surface area contributed by atoms with Crippen LogP contribution in [0.1, 0.15) is 43.2 Å². The summed E-state index contributed by atoms with van der Waals surface area (Å²) in [6, 6.07) is 31.7. The van der Waals surface area contributed by atoms with Crippen LogP contribution in [0.4, 0.5) is 0 Å². The summed E-state index contributed by atoms with van der Waals surface area (Å²) in [4.78, 5) is 0. The molecule has 3 heteroatoms. The van der Waals surface area contributed by atoms with Crippen LogP contribution >= 0.6 is 0 Å². The van der Waals surface area contributed by atoms with E-state index in [0.29, 0.717) is 12.0 Å². The Labute approximate surface area is 203 Å². The SMILES string of the molecule is CB1NC(C2CCCCC2)C(Cc2ccc3ccccc3c2)(Cc2ccc3ccccc3c2)O1. The minimum atomic E-state index is -0.244. The Kier molecular flexibility index (Phi) is 5.93. The molecule has 34 heavy (non-hydrogen) atoms. The smallest absolute Gasteiger partial charge is 0.377 e. The van der Waals surface area contributed by atoms with E-state index in [1.165, 1.54) is 64.8 Å². The Morgan fingerprint density at radius 1 is 0.735 bits per heavy atom. The predicted molar refractivity (Wildman–Crippen MR) is 144 cm³/mol. The van der Waals surface area contributed by atoms with Crippen molar-refractivity contribution in [1.29, 1.82) is 0 Å². The third-order valence-electron chi connectivity index (χ3n) is 8.15. The lowest BCUT2D eigenvalue weighted by molar-refractivity contribution is 0.0411. The summed E-state index contributed by atoms with van der Waals surface area (Å²) in [5.41, 5.74) is 2.50.